The molecule has 3 unspecified atom stereocenters. The fourth-order valence-corrected chi connectivity index (χ4v) is 2.68. The number of nitrogens with one attached hydrogen (secondary N) is 1. The minimum Gasteiger partial charge on any atom is -0.391 e. The first-order valence-corrected chi connectivity index (χ1v) is 6.68. The lowest BCUT2D eigenvalue weighted by Crippen LogP contribution is -2.39. The highest BCUT2D eigenvalue weighted by molar-refractivity contribution is 4.80. The van der Waals surface area contributed by atoms with Gasteiger partial charge in [-0.2, -0.15) is 0 Å². The Morgan fingerprint density at radius 2 is 2.12 bits per heavy atom. The summed E-state index contributed by atoms with van der Waals surface area (Å²) >= 11 is 0. The highest BCUT2D eigenvalue weighted by Crippen LogP contribution is 2.26. The van der Waals surface area contributed by atoms with Crippen molar-refractivity contribution in [1.82, 2.24) is 5.32 Å². The van der Waals surface area contributed by atoms with Gasteiger partial charge in [0.25, 0.3) is 0 Å². The molecular formula is C13H27NO2. The van der Waals surface area contributed by atoms with Crippen LogP contribution in [0.25, 0.3) is 0 Å². The van der Waals surface area contributed by atoms with Gasteiger partial charge in [-0.3, -0.25) is 0 Å². The van der Waals surface area contributed by atoms with Crippen LogP contribution in [0.1, 0.15) is 45.4 Å². The van der Waals surface area contributed by atoms with Crippen molar-refractivity contribution in [2.24, 2.45) is 5.92 Å². The molecule has 16 heavy (non-hydrogen) atoms. The van der Waals surface area contributed by atoms with E-state index >= 15 is 0 Å². The van der Waals surface area contributed by atoms with Gasteiger partial charge in [0, 0.05) is 13.2 Å². The summed E-state index contributed by atoms with van der Waals surface area (Å²) in [4.78, 5) is 0. The number of aliphatic hydroxyl groups is 1. The Balaban J connectivity index is 2.15. The molecule has 0 spiro atoms. The second-order valence-corrected chi connectivity index (χ2v) is 4.91. The van der Waals surface area contributed by atoms with Gasteiger partial charge in [0.2, 0.25) is 0 Å². The number of methoxy groups -OCH3 is 1. The second-order valence-electron chi connectivity index (χ2n) is 4.91. The molecule has 0 saturated heterocycles. The zero-order valence-electron chi connectivity index (χ0n) is 10.7. The molecule has 0 radical (unpaired) electrons. The van der Waals surface area contributed by atoms with Crippen molar-refractivity contribution in [2.45, 2.75) is 57.6 Å². The summed E-state index contributed by atoms with van der Waals surface area (Å²) in [6.07, 6.45) is 7.17. The second kappa shape index (κ2) is 8.04. The van der Waals surface area contributed by atoms with Gasteiger partial charge in [0.1, 0.15) is 0 Å². The van der Waals surface area contributed by atoms with Crippen LogP contribution in [0.2, 0.25) is 0 Å². The van der Waals surface area contributed by atoms with E-state index in [-0.39, 0.29) is 6.10 Å². The Hall–Kier alpha value is -0.120. The molecule has 0 amide bonds. The predicted molar refractivity (Wildman–Crippen MR) is 66.5 cm³/mol. The molecule has 3 atom stereocenters. The molecule has 1 saturated carbocycles. The maximum atomic E-state index is 9.54. The van der Waals surface area contributed by atoms with E-state index in [9.17, 15) is 5.11 Å². The van der Waals surface area contributed by atoms with E-state index in [1.807, 2.05) is 0 Å². The molecular weight excluding hydrogens is 202 g/mol. The zero-order chi connectivity index (χ0) is 11.8. The number of rotatable bonds is 7. The maximum absolute atomic E-state index is 9.54. The number of aliphatic hydroxyl groups excluding tert-OH is 1. The Bertz CT molecular complexity index is 175. The van der Waals surface area contributed by atoms with Gasteiger partial charge in [-0.25, -0.2) is 0 Å². The first kappa shape index (κ1) is 13.9. The molecule has 0 aromatic rings. The summed E-state index contributed by atoms with van der Waals surface area (Å²) in [6, 6.07) is 0.675. The minimum absolute atomic E-state index is 0.318. The molecule has 3 heteroatoms. The fraction of sp³-hybridized carbons (Fsp3) is 1.00. The molecule has 0 aromatic heterocycles. The first-order chi connectivity index (χ1) is 7.77. The van der Waals surface area contributed by atoms with Crippen LogP contribution in [-0.2, 0) is 4.74 Å². The van der Waals surface area contributed by atoms with E-state index < -0.39 is 0 Å². The molecule has 96 valence electrons. The van der Waals surface area contributed by atoms with Gasteiger partial charge in [-0.15, -0.1) is 0 Å². The predicted octanol–water partition coefficient (Wildman–Crippen LogP) is 1.94. The van der Waals surface area contributed by atoms with Gasteiger partial charge in [0.15, 0.2) is 0 Å². The van der Waals surface area contributed by atoms with Crippen molar-refractivity contribution in [1.29, 1.82) is 0 Å². The quantitative estimate of drug-likeness (QED) is 0.701. The summed E-state index contributed by atoms with van der Waals surface area (Å²) in [7, 11) is 1.63. The Kier molecular flexibility index (Phi) is 7.01. The van der Waals surface area contributed by atoms with Crippen LogP contribution in [0.15, 0.2) is 0 Å². The molecule has 2 N–H and O–H groups in total. The fourth-order valence-electron chi connectivity index (χ4n) is 2.68. The van der Waals surface area contributed by atoms with Crippen LogP contribution >= 0.6 is 0 Å². The van der Waals surface area contributed by atoms with Crippen molar-refractivity contribution in [3.63, 3.8) is 0 Å². The number of hydrogen-bond acceptors (Lipinski definition) is 3. The lowest BCUT2D eigenvalue weighted by atomic mass is 9.83. The van der Waals surface area contributed by atoms with E-state index in [1.54, 1.807) is 7.11 Å². The zero-order valence-corrected chi connectivity index (χ0v) is 10.7. The third kappa shape index (κ3) is 4.81. The van der Waals surface area contributed by atoms with Gasteiger partial charge >= 0.3 is 0 Å². The summed E-state index contributed by atoms with van der Waals surface area (Å²) in [6.45, 7) is 3.64. The van der Waals surface area contributed by atoms with E-state index in [4.69, 9.17) is 4.74 Å². The van der Waals surface area contributed by atoms with Gasteiger partial charge in [-0.05, 0) is 31.7 Å². The Morgan fingerprint density at radius 1 is 1.38 bits per heavy atom. The van der Waals surface area contributed by atoms with Crippen molar-refractivity contribution in [3.05, 3.63) is 0 Å². The third-order valence-electron chi connectivity index (χ3n) is 3.68. The molecule has 0 bridgehead atoms. The smallest absolute Gasteiger partial charge is 0.0785 e. The molecule has 1 fully saturated rings. The van der Waals surface area contributed by atoms with E-state index in [0.29, 0.717) is 12.6 Å². The van der Waals surface area contributed by atoms with Gasteiger partial charge in [0.05, 0.1) is 12.7 Å². The number of ether oxygens (including phenoxy) is 1. The summed E-state index contributed by atoms with van der Waals surface area (Å²) in [5, 5.41) is 13.1. The topological polar surface area (TPSA) is 41.5 Å². The van der Waals surface area contributed by atoms with Gasteiger partial charge in [-0.1, -0.05) is 26.2 Å². The molecule has 1 rings (SSSR count). The highest BCUT2D eigenvalue weighted by Gasteiger charge is 2.22. The van der Waals surface area contributed by atoms with Crippen LogP contribution < -0.4 is 5.32 Å². The molecule has 1 aliphatic carbocycles. The van der Waals surface area contributed by atoms with Crippen molar-refractivity contribution >= 4 is 0 Å². The lowest BCUT2D eigenvalue weighted by molar-refractivity contribution is 0.0581. The van der Waals surface area contributed by atoms with Crippen molar-refractivity contribution in [3.8, 4) is 0 Å². The average molecular weight is 229 g/mol. The number of hydrogen-bond donors (Lipinski definition) is 2. The normalized spacial score (nSPS) is 27.9. The summed E-state index contributed by atoms with van der Waals surface area (Å²) in [5.41, 5.74) is 0. The third-order valence-corrected chi connectivity index (χ3v) is 3.68. The van der Waals surface area contributed by atoms with E-state index in [1.165, 1.54) is 32.1 Å². The lowest BCUT2D eigenvalue weighted by Gasteiger charge is -2.32. The van der Waals surface area contributed by atoms with E-state index in [0.717, 1.165) is 18.9 Å². The summed E-state index contributed by atoms with van der Waals surface area (Å²) < 4.78 is 4.91. The van der Waals surface area contributed by atoms with Crippen molar-refractivity contribution in [2.75, 3.05) is 20.3 Å². The van der Waals surface area contributed by atoms with Gasteiger partial charge < -0.3 is 15.2 Å². The van der Waals surface area contributed by atoms with Crippen LogP contribution in [-0.4, -0.2) is 37.5 Å². The van der Waals surface area contributed by atoms with Crippen LogP contribution in [0.4, 0.5) is 0 Å². The molecule has 0 aromatic carbocycles. The summed E-state index contributed by atoms with van der Waals surface area (Å²) in [5.74, 6) is 0.841. The average Bonchev–Trinajstić information content (AvgIpc) is 2.30. The molecule has 0 aliphatic heterocycles. The molecule has 3 nitrogen and oxygen atoms in total. The highest BCUT2D eigenvalue weighted by atomic mass is 16.5. The first-order valence-electron chi connectivity index (χ1n) is 6.68. The largest absolute Gasteiger partial charge is 0.391 e. The van der Waals surface area contributed by atoms with Crippen LogP contribution in [0.3, 0.4) is 0 Å². The monoisotopic (exact) mass is 229 g/mol. The Labute approximate surface area is 99.6 Å². The molecule has 0 heterocycles. The van der Waals surface area contributed by atoms with Crippen LogP contribution in [0.5, 0.6) is 0 Å². The minimum atomic E-state index is -0.318. The standard InChI is InChI=1S/C13H27NO2/c1-3-11-6-4-5-7-13(11)14-9-8-12(15)10-16-2/h11-15H,3-10H2,1-2H3. The van der Waals surface area contributed by atoms with Crippen LogP contribution in [0, 0.1) is 5.92 Å². The maximum Gasteiger partial charge on any atom is 0.0785 e. The Morgan fingerprint density at radius 3 is 2.81 bits per heavy atom. The SMILES string of the molecule is CCC1CCCCC1NCCC(O)COC. The molecule has 1 aliphatic rings. The van der Waals surface area contributed by atoms with Crippen molar-refractivity contribution < 1.29 is 9.84 Å². The van der Waals surface area contributed by atoms with E-state index in [2.05, 4.69) is 12.2 Å².